The lowest BCUT2D eigenvalue weighted by Gasteiger charge is -2.08. The van der Waals surface area contributed by atoms with Crippen LogP contribution in [0.15, 0.2) is 42.5 Å². The first-order valence-corrected chi connectivity index (χ1v) is 6.46. The maximum absolute atomic E-state index is 5.80. The number of ether oxygens (including phenoxy) is 1. The number of benzene rings is 2. The van der Waals surface area contributed by atoms with Gasteiger partial charge in [-0.05, 0) is 43.5 Å². The van der Waals surface area contributed by atoms with E-state index in [-0.39, 0.29) is 0 Å². The van der Waals surface area contributed by atoms with Crippen LogP contribution in [0.3, 0.4) is 0 Å². The van der Waals surface area contributed by atoms with Gasteiger partial charge in [0.2, 0.25) is 0 Å². The average molecular weight is 240 g/mol. The second-order valence-corrected chi connectivity index (χ2v) is 4.78. The highest BCUT2D eigenvalue weighted by atomic mass is 16.5. The lowest BCUT2D eigenvalue weighted by molar-refractivity contribution is 0.306. The van der Waals surface area contributed by atoms with Crippen LogP contribution in [0, 0.1) is 13.8 Å². The lowest BCUT2D eigenvalue weighted by Crippen LogP contribution is -1.96. The van der Waals surface area contributed by atoms with E-state index in [1.807, 2.05) is 12.1 Å². The summed E-state index contributed by atoms with van der Waals surface area (Å²) in [4.78, 5) is 0. The zero-order valence-electron chi connectivity index (χ0n) is 11.4. The Kier molecular flexibility index (Phi) is 4.03. The summed E-state index contributed by atoms with van der Waals surface area (Å²) in [5, 5.41) is 0. The predicted molar refractivity (Wildman–Crippen MR) is 76.1 cm³/mol. The van der Waals surface area contributed by atoms with Crippen LogP contribution in [0.4, 0.5) is 0 Å². The molecule has 0 fully saturated rings. The minimum Gasteiger partial charge on any atom is -0.489 e. The van der Waals surface area contributed by atoms with Crippen LogP contribution in [0.2, 0.25) is 0 Å². The van der Waals surface area contributed by atoms with E-state index in [0.29, 0.717) is 6.61 Å². The summed E-state index contributed by atoms with van der Waals surface area (Å²) >= 11 is 0. The quantitative estimate of drug-likeness (QED) is 0.767. The first kappa shape index (κ1) is 12.7. The standard InChI is InChI=1S/C17H20O/c1-4-15-5-7-17(8-6-15)18-12-16-10-13(2)9-14(3)11-16/h5-11H,4,12H2,1-3H3. The molecule has 0 aliphatic rings. The molecule has 18 heavy (non-hydrogen) atoms. The molecular weight excluding hydrogens is 220 g/mol. The molecule has 0 N–H and O–H groups in total. The largest absolute Gasteiger partial charge is 0.489 e. The Morgan fingerprint density at radius 1 is 0.833 bits per heavy atom. The van der Waals surface area contributed by atoms with Crippen LogP contribution in [0.5, 0.6) is 5.75 Å². The summed E-state index contributed by atoms with van der Waals surface area (Å²) in [5.74, 6) is 0.936. The van der Waals surface area contributed by atoms with Crippen LogP contribution in [-0.4, -0.2) is 0 Å². The van der Waals surface area contributed by atoms with Crippen LogP contribution >= 0.6 is 0 Å². The Balaban J connectivity index is 2.01. The fraction of sp³-hybridized carbons (Fsp3) is 0.294. The fourth-order valence-electron chi connectivity index (χ4n) is 2.14. The van der Waals surface area contributed by atoms with Crippen molar-refractivity contribution < 1.29 is 4.74 Å². The molecule has 0 aliphatic heterocycles. The van der Waals surface area contributed by atoms with Crippen molar-refractivity contribution >= 4 is 0 Å². The molecule has 1 nitrogen and oxygen atoms in total. The molecule has 0 atom stereocenters. The molecule has 2 rings (SSSR count). The van der Waals surface area contributed by atoms with E-state index in [0.717, 1.165) is 12.2 Å². The van der Waals surface area contributed by atoms with Crippen molar-refractivity contribution in [3.8, 4) is 5.75 Å². The van der Waals surface area contributed by atoms with Gasteiger partial charge in [-0.2, -0.15) is 0 Å². The molecule has 94 valence electrons. The van der Waals surface area contributed by atoms with Gasteiger partial charge in [0, 0.05) is 0 Å². The van der Waals surface area contributed by atoms with Gasteiger partial charge in [-0.3, -0.25) is 0 Å². The normalized spacial score (nSPS) is 10.4. The number of hydrogen-bond acceptors (Lipinski definition) is 1. The molecule has 0 saturated heterocycles. The van der Waals surface area contributed by atoms with Crippen molar-refractivity contribution in [2.45, 2.75) is 33.8 Å². The van der Waals surface area contributed by atoms with Crippen LogP contribution in [0.1, 0.15) is 29.2 Å². The van der Waals surface area contributed by atoms with Crippen molar-refractivity contribution in [2.24, 2.45) is 0 Å². The van der Waals surface area contributed by atoms with E-state index in [9.17, 15) is 0 Å². The molecule has 1 heteroatoms. The first-order valence-electron chi connectivity index (χ1n) is 6.46. The van der Waals surface area contributed by atoms with E-state index < -0.39 is 0 Å². The summed E-state index contributed by atoms with van der Waals surface area (Å²) in [5.41, 5.74) is 5.14. The highest BCUT2D eigenvalue weighted by Gasteiger charge is 1.98. The summed E-state index contributed by atoms with van der Waals surface area (Å²) in [6, 6.07) is 14.9. The van der Waals surface area contributed by atoms with Gasteiger partial charge in [-0.25, -0.2) is 0 Å². The highest BCUT2D eigenvalue weighted by molar-refractivity contribution is 5.30. The molecule has 0 aromatic heterocycles. The zero-order chi connectivity index (χ0) is 13.0. The molecule has 0 heterocycles. The summed E-state index contributed by atoms with van der Waals surface area (Å²) in [6.07, 6.45) is 1.07. The number of rotatable bonds is 4. The Hall–Kier alpha value is -1.76. The van der Waals surface area contributed by atoms with Gasteiger partial charge < -0.3 is 4.74 Å². The number of hydrogen-bond donors (Lipinski definition) is 0. The van der Waals surface area contributed by atoms with Gasteiger partial charge in [-0.1, -0.05) is 48.4 Å². The van der Waals surface area contributed by atoms with Crippen LogP contribution < -0.4 is 4.74 Å². The predicted octanol–water partition coefficient (Wildman–Crippen LogP) is 4.44. The average Bonchev–Trinajstić information content (AvgIpc) is 2.36. The molecule has 2 aromatic carbocycles. The minimum absolute atomic E-state index is 0.633. The van der Waals surface area contributed by atoms with E-state index in [1.165, 1.54) is 22.3 Å². The molecule has 0 saturated carbocycles. The molecule has 0 unspecified atom stereocenters. The van der Waals surface area contributed by atoms with Gasteiger partial charge in [0.1, 0.15) is 12.4 Å². The van der Waals surface area contributed by atoms with E-state index in [1.54, 1.807) is 0 Å². The Morgan fingerprint density at radius 3 is 2.00 bits per heavy atom. The molecule has 0 aliphatic carbocycles. The SMILES string of the molecule is CCc1ccc(OCc2cc(C)cc(C)c2)cc1. The van der Waals surface area contributed by atoms with Crippen molar-refractivity contribution in [1.29, 1.82) is 0 Å². The summed E-state index contributed by atoms with van der Waals surface area (Å²) < 4.78 is 5.80. The van der Waals surface area contributed by atoms with E-state index in [2.05, 4.69) is 51.1 Å². The van der Waals surface area contributed by atoms with Gasteiger partial charge in [-0.15, -0.1) is 0 Å². The van der Waals surface area contributed by atoms with E-state index >= 15 is 0 Å². The maximum Gasteiger partial charge on any atom is 0.119 e. The Bertz CT molecular complexity index is 491. The lowest BCUT2D eigenvalue weighted by atomic mass is 10.1. The van der Waals surface area contributed by atoms with Crippen molar-refractivity contribution in [2.75, 3.05) is 0 Å². The Morgan fingerprint density at radius 2 is 1.44 bits per heavy atom. The maximum atomic E-state index is 5.80. The second-order valence-electron chi connectivity index (χ2n) is 4.78. The third-order valence-electron chi connectivity index (χ3n) is 3.02. The van der Waals surface area contributed by atoms with Crippen molar-refractivity contribution in [3.63, 3.8) is 0 Å². The molecule has 0 spiro atoms. The van der Waals surface area contributed by atoms with Crippen molar-refractivity contribution in [3.05, 3.63) is 64.7 Å². The van der Waals surface area contributed by atoms with Gasteiger partial charge in [0.05, 0.1) is 0 Å². The minimum atomic E-state index is 0.633. The number of aryl methyl sites for hydroxylation is 3. The summed E-state index contributed by atoms with van der Waals surface area (Å²) in [7, 11) is 0. The zero-order valence-corrected chi connectivity index (χ0v) is 11.4. The third kappa shape index (κ3) is 3.36. The van der Waals surface area contributed by atoms with Crippen LogP contribution in [0.25, 0.3) is 0 Å². The van der Waals surface area contributed by atoms with Crippen molar-refractivity contribution in [1.82, 2.24) is 0 Å². The third-order valence-corrected chi connectivity index (χ3v) is 3.02. The fourth-order valence-corrected chi connectivity index (χ4v) is 2.14. The van der Waals surface area contributed by atoms with E-state index in [4.69, 9.17) is 4.74 Å². The Labute approximate surface area is 109 Å². The van der Waals surface area contributed by atoms with Gasteiger partial charge >= 0.3 is 0 Å². The molecule has 2 aromatic rings. The topological polar surface area (TPSA) is 9.23 Å². The molecule has 0 radical (unpaired) electrons. The first-order chi connectivity index (χ1) is 8.67. The smallest absolute Gasteiger partial charge is 0.119 e. The van der Waals surface area contributed by atoms with Gasteiger partial charge in [0.15, 0.2) is 0 Å². The monoisotopic (exact) mass is 240 g/mol. The van der Waals surface area contributed by atoms with Gasteiger partial charge in [0.25, 0.3) is 0 Å². The molecular formula is C17H20O. The summed E-state index contributed by atoms with van der Waals surface area (Å²) in [6.45, 7) is 7.03. The van der Waals surface area contributed by atoms with Crippen LogP contribution in [-0.2, 0) is 13.0 Å². The molecule has 0 bridgehead atoms. The second kappa shape index (κ2) is 5.72. The highest BCUT2D eigenvalue weighted by Crippen LogP contribution is 2.16. The molecule has 0 amide bonds.